The molecule has 140 valence electrons. The summed E-state index contributed by atoms with van der Waals surface area (Å²) >= 11 is 0. The average molecular weight is 370 g/mol. The molecule has 0 spiro atoms. The molecule has 1 fully saturated rings. The molecule has 27 heavy (non-hydrogen) atoms. The van der Waals surface area contributed by atoms with E-state index in [9.17, 15) is 14.0 Å². The summed E-state index contributed by atoms with van der Waals surface area (Å²) < 4.78 is 13.1. The second-order valence-electron chi connectivity index (χ2n) is 6.07. The largest absolute Gasteiger partial charge is 0.365 e. The van der Waals surface area contributed by atoms with Crippen molar-refractivity contribution < 1.29 is 14.0 Å². The van der Waals surface area contributed by atoms with E-state index >= 15 is 0 Å². The number of anilines is 3. The van der Waals surface area contributed by atoms with E-state index in [1.807, 2.05) is 4.90 Å². The van der Waals surface area contributed by atoms with Gasteiger partial charge >= 0.3 is 0 Å². The molecule has 0 aliphatic carbocycles. The van der Waals surface area contributed by atoms with Crippen molar-refractivity contribution in [2.24, 2.45) is 5.73 Å². The summed E-state index contributed by atoms with van der Waals surface area (Å²) in [6, 6.07) is 5.60. The first-order chi connectivity index (χ1) is 13.0. The fourth-order valence-corrected chi connectivity index (χ4v) is 2.79. The lowest BCUT2D eigenvalue weighted by Crippen LogP contribution is -2.36. The van der Waals surface area contributed by atoms with Gasteiger partial charge in [-0.1, -0.05) is 6.58 Å². The predicted octanol–water partition coefficient (Wildman–Crippen LogP) is 1.34. The van der Waals surface area contributed by atoms with Crippen molar-refractivity contribution >= 4 is 29.3 Å². The molecule has 1 aliphatic heterocycles. The number of nitrogens with two attached hydrogens (primary N) is 1. The Hall–Kier alpha value is -3.49. The Morgan fingerprint density at radius 1 is 1.33 bits per heavy atom. The summed E-state index contributed by atoms with van der Waals surface area (Å²) in [7, 11) is 0. The van der Waals surface area contributed by atoms with Gasteiger partial charge < -0.3 is 21.3 Å². The molecule has 2 heterocycles. The Bertz CT molecular complexity index is 871. The van der Waals surface area contributed by atoms with Gasteiger partial charge in [0.2, 0.25) is 11.9 Å². The number of halogens is 1. The maximum atomic E-state index is 13.1. The molecule has 9 heteroatoms. The number of nitrogens with one attached hydrogen (secondary N) is 2. The number of hydrogen-bond donors (Lipinski definition) is 3. The van der Waals surface area contributed by atoms with Crippen LogP contribution < -0.4 is 21.3 Å². The minimum absolute atomic E-state index is 0.0385. The zero-order valence-corrected chi connectivity index (χ0v) is 14.5. The number of aromatic nitrogens is 2. The quantitative estimate of drug-likeness (QED) is 0.662. The lowest BCUT2D eigenvalue weighted by atomic mass is 10.2. The number of amides is 2. The number of benzene rings is 1. The number of hydrogen-bond acceptors (Lipinski definition) is 6. The monoisotopic (exact) mass is 370 g/mol. The zero-order chi connectivity index (χ0) is 19.4. The molecule has 8 nitrogen and oxygen atoms in total. The van der Waals surface area contributed by atoms with Gasteiger partial charge in [-0.15, -0.1) is 0 Å². The van der Waals surface area contributed by atoms with Gasteiger partial charge in [0, 0.05) is 31.0 Å². The molecular formula is C18H19FN6O2. The van der Waals surface area contributed by atoms with Gasteiger partial charge in [-0.05, 0) is 36.8 Å². The van der Waals surface area contributed by atoms with E-state index < -0.39 is 5.91 Å². The summed E-state index contributed by atoms with van der Waals surface area (Å²) in [5.74, 6) is -0.643. The lowest BCUT2D eigenvalue weighted by molar-refractivity contribution is -0.117. The van der Waals surface area contributed by atoms with Crippen LogP contribution in [-0.4, -0.2) is 40.9 Å². The molecule has 0 saturated carbocycles. The van der Waals surface area contributed by atoms with Crippen molar-refractivity contribution in [1.29, 1.82) is 0 Å². The fourth-order valence-electron chi connectivity index (χ4n) is 2.79. The van der Waals surface area contributed by atoms with Crippen molar-refractivity contribution in [3.8, 4) is 0 Å². The first-order valence-electron chi connectivity index (χ1n) is 8.33. The van der Waals surface area contributed by atoms with Crippen LogP contribution in [-0.2, 0) is 4.79 Å². The Morgan fingerprint density at radius 2 is 2.07 bits per heavy atom. The van der Waals surface area contributed by atoms with Crippen molar-refractivity contribution in [2.45, 2.75) is 12.5 Å². The van der Waals surface area contributed by atoms with Gasteiger partial charge in [0.25, 0.3) is 5.91 Å². The summed E-state index contributed by atoms with van der Waals surface area (Å²) in [4.78, 5) is 33.6. The molecule has 2 aromatic rings. The van der Waals surface area contributed by atoms with E-state index in [-0.39, 0.29) is 29.1 Å². The van der Waals surface area contributed by atoms with Crippen molar-refractivity contribution in [3.05, 3.63) is 54.5 Å². The molecule has 0 bridgehead atoms. The van der Waals surface area contributed by atoms with Crippen LogP contribution in [0.2, 0.25) is 0 Å². The third-order valence-electron chi connectivity index (χ3n) is 4.15. The highest BCUT2D eigenvalue weighted by molar-refractivity contribution is 5.98. The molecule has 4 N–H and O–H groups in total. The summed E-state index contributed by atoms with van der Waals surface area (Å²) in [5.41, 5.74) is 6.08. The van der Waals surface area contributed by atoms with Crippen LogP contribution in [0.5, 0.6) is 0 Å². The molecule has 3 rings (SSSR count). The molecule has 1 aromatic heterocycles. The van der Waals surface area contributed by atoms with Gasteiger partial charge in [0.1, 0.15) is 17.2 Å². The van der Waals surface area contributed by atoms with Crippen molar-refractivity contribution in [1.82, 2.24) is 15.3 Å². The van der Waals surface area contributed by atoms with Crippen LogP contribution >= 0.6 is 0 Å². The molecule has 0 unspecified atom stereocenters. The Kier molecular flexibility index (Phi) is 5.30. The van der Waals surface area contributed by atoms with Crippen LogP contribution in [0.15, 0.2) is 43.1 Å². The Morgan fingerprint density at radius 3 is 2.74 bits per heavy atom. The molecule has 0 radical (unpaired) electrons. The van der Waals surface area contributed by atoms with E-state index in [1.54, 1.807) is 0 Å². The van der Waals surface area contributed by atoms with Crippen LogP contribution in [0.1, 0.15) is 16.8 Å². The second-order valence-corrected chi connectivity index (χ2v) is 6.07. The van der Waals surface area contributed by atoms with Crippen LogP contribution in [0, 0.1) is 5.82 Å². The Balaban J connectivity index is 1.81. The number of carbonyl (C=O) groups excluding carboxylic acids is 2. The maximum absolute atomic E-state index is 13.1. The Labute approximate surface area is 155 Å². The van der Waals surface area contributed by atoms with E-state index in [0.717, 1.165) is 6.42 Å². The maximum Gasteiger partial charge on any atom is 0.254 e. The lowest BCUT2D eigenvalue weighted by Gasteiger charge is -2.18. The predicted molar refractivity (Wildman–Crippen MR) is 99.2 cm³/mol. The molecule has 1 saturated heterocycles. The van der Waals surface area contributed by atoms with E-state index in [0.29, 0.717) is 24.7 Å². The smallest absolute Gasteiger partial charge is 0.254 e. The third kappa shape index (κ3) is 4.38. The van der Waals surface area contributed by atoms with Gasteiger partial charge in [-0.2, -0.15) is 4.98 Å². The topological polar surface area (TPSA) is 113 Å². The summed E-state index contributed by atoms with van der Waals surface area (Å²) in [6.07, 6.45) is 3.32. The van der Waals surface area contributed by atoms with Crippen LogP contribution in [0.3, 0.4) is 0 Å². The van der Waals surface area contributed by atoms with Gasteiger partial charge in [0.05, 0.1) is 0 Å². The van der Waals surface area contributed by atoms with Crippen molar-refractivity contribution in [2.75, 3.05) is 23.3 Å². The zero-order valence-electron chi connectivity index (χ0n) is 14.5. The van der Waals surface area contributed by atoms with E-state index in [4.69, 9.17) is 5.73 Å². The molecule has 2 amide bonds. The van der Waals surface area contributed by atoms with Gasteiger partial charge in [-0.25, -0.2) is 9.37 Å². The van der Waals surface area contributed by atoms with Crippen molar-refractivity contribution in [3.63, 3.8) is 0 Å². The molecule has 1 aromatic carbocycles. The summed E-state index contributed by atoms with van der Waals surface area (Å²) in [6.45, 7) is 4.62. The van der Waals surface area contributed by atoms with Gasteiger partial charge in [-0.3, -0.25) is 9.59 Å². The normalized spacial score (nSPS) is 16.0. The minimum Gasteiger partial charge on any atom is -0.365 e. The fraction of sp³-hybridized carbons (Fsp3) is 0.222. The molecule has 1 atom stereocenters. The first-order valence-corrected chi connectivity index (χ1v) is 8.33. The minimum atomic E-state index is -0.677. The van der Waals surface area contributed by atoms with E-state index in [1.165, 1.54) is 36.5 Å². The SMILES string of the molecule is C=CC(=O)N[C@H]1CCN(c2ncc(C(N)=O)c(Nc3ccc(F)cc3)n2)C1. The number of rotatable bonds is 6. The first kappa shape index (κ1) is 18.3. The van der Waals surface area contributed by atoms with Crippen LogP contribution in [0.4, 0.5) is 21.8 Å². The highest BCUT2D eigenvalue weighted by atomic mass is 19.1. The highest BCUT2D eigenvalue weighted by Gasteiger charge is 2.26. The number of primary amides is 1. The molecule has 1 aliphatic rings. The standard InChI is InChI=1S/C18H19FN6O2/c1-2-15(26)22-13-7-8-25(10-13)18-21-9-14(16(20)27)17(24-18)23-12-5-3-11(19)4-6-12/h2-6,9,13H,1,7-8,10H2,(H2,20,27)(H,22,26)(H,21,23,24)/t13-/m0/s1. The molecular weight excluding hydrogens is 351 g/mol. The third-order valence-corrected chi connectivity index (χ3v) is 4.15. The second kappa shape index (κ2) is 7.81. The van der Waals surface area contributed by atoms with Crippen LogP contribution in [0.25, 0.3) is 0 Å². The summed E-state index contributed by atoms with van der Waals surface area (Å²) in [5, 5.41) is 5.81. The van der Waals surface area contributed by atoms with Gasteiger partial charge in [0.15, 0.2) is 0 Å². The average Bonchev–Trinajstić information content (AvgIpc) is 3.11. The highest BCUT2D eigenvalue weighted by Crippen LogP contribution is 2.23. The van der Waals surface area contributed by atoms with E-state index in [2.05, 4.69) is 27.2 Å². The number of nitrogens with zero attached hydrogens (tertiary/aromatic N) is 3. The number of carbonyl (C=O) groups is 2.